The van der Waals surface area contributed by atoms with Gasteiger partial charge in [0.1, 0.15) is 6.54 Å². The number of urea groups is 1. The van der Waals surface area contributed by atoms with Crippen LogP contribution in [0.5, 0.6) is 0 Å². The Bertz CT molecular complexity index is 219. The van der Waals surface area contributed by atoms with Crippen LogP contribution in [0.3, 0.4) is 0 Å². The summed E-state index contributed by atoms with van der Waals surface area (Å²) in [6.07, 6.45) is 0.756. The summed E-state index contributed by atoms with van der Waals surface area (Å²) in [7, 11) is 0. The van der Waals surface area contributed by atoms with Gasteiger partial charge in [0.25, 0.3) is 0 Å². The molecule has 0 bridgehead atoms. The molecule has 6 heteroatoms. The summed E-state index contributed by atoms with van der Waals surface area (Å²) in [5, 5.41) is 5.35. The Morgan fingerprint density at radius 1 is 1.64 bits per heavy atom. The normalized spacial score (nSPS) is 16.4. The van der Waals surface area contributed by atoms with Gasteiger partial charge >= 0.3 is 6.03 Å². The van der Waals surface area contributed by atoms with Crippen LogP contribution < -0.4 is 16.4 Å². The molecule has 0 radical (unpaired) electrons. The lowest BCUT2D eigenvalue weighted by molar-refractivity contribution is -0.123. The highest BCUT2D eigenvalue weighted by Gasteiger charge is 2.20. The van der Waals surface area contributed by atoms with Crippen LogP contribution in [0.4, 0.5) is 4.79 Å². The maximum Gasteiger partial charge on any atom is 0.317 e. The highest BCUT2D eigenvalue weighted by atomic mass is 16.2. The third-order valence-electron chi connectivity index (χ3n) is 1.98. The van der Waals surface area contributed by atoms with E-state index >= 15 is 0 Å². The van der Waals surface area contributed by atoms with Gasteiger partial charge in [0.15, 0.2) is 0 Å². The quantitative estimate of drug-likeness (QED) is 0.483. The SMILES string of the molecule is NCCCNC(=O)N1CCNC(=O)C1. The number of hydrogen-bond donors (Lipinski definition) is 3. The maximum atomic E-state index is 11.4. The molecule has 3 amide bonds. The van der Waals surface area contributed by atoms with E-state index in [4.69, 9.17) is 5.73 Å². The molecule has 1 saturated heterocycles. The van der Waals surface area contributed by atoms with Crippen molar-refractivity contribution in [3.8, 4) is 0 Å². The number of hydrogen-bond acceptors (Lipinski definition) is 3. The van der Waals surface area contributed by atoms with E-state index in [1.165, 1.54) is 4.90 Å². The standard InChI is InChI=1S/C8H16N4O2/c9-2-1-3-11-8(14)12-5-4-10-7(13)6-12/h1-6,9H2,(H,10,13)(H,11,14). The smallest absolute Gasteiger partial charge is 0.317 e. The van der Waals surface area contributed by atoms with E-state index in [0.717, 1.165) is 6.42 Å². The lowest BCUT2D eigenvalue weighted by Gasteiger charge is -2.26. The number of carbonyl (C=O) groups is 2. The molecule has 0 aromatic heterocycles. The van der Waals surface area contributed by atoms with E-state index in [1.54, 1.807) is 0 Å². The average molecular weight is 200 g/mol. The molecule has 0 spiro atoms. The first kappa shape index (κ1) is 10.8. The Kier molecular flexibility index (Phi) is 4.18. The van der Waals surface area contributed by atoms with Crippen molar-refractivity contribution in [3.05, 3.63) is 0 Å². The number of amides is 3. The second-order valence-electron chi connectivity index (χ2n) is 3.15. The summed E-state index contributed by atoms with van der Waals surface area (Å²) in [6.45, 7) is 2.37. The van der Waals surface area contributed by atoms with Crippen molar-refractivity contribution >= 4 is 11.9 Å². The molecule has 0 aromatic rings. The van der Waals surface area contributed by atoms with Crippen molar-refractivity contribution in [2.75, 3.05) is 32.7 Å². The minimum Gasteiger partial charge on any atom is -0.353 e. The highest BCUT2D eigenvalue weighted by molar-refractivity contribution is 5.85. The highest BCUT2D eigenvalue weighted by Crippen LogP contribution is 1.93. The fourth-order valence-corrected chi connectivity index (χ4v) is 1.22. The molecule has 14 heavy (non-hydrogen) atoms. The lowest BCUT2D eigenvalue weighted by Crippen LogP contribution is -2.53. The van der Waals surface area contributed by atoms with Crippen LogP contribution in [0.15, 0.2) is 0 Å². The molecule has 0 aromatic carbocycles. The first-order chi connectivity index (χ1) is 6.74. The summed E-state index contributed by atoms with van der Waals surface area (Å²) >= 11 is 0. The number of nitrogens with one attached hydrogen (secondary N) is 2. The zero-order valence-electron chi connectivity index (χ0n) is 8.08. The molecule has 1 aliphatic rings. The number of rotatable bonds is 3. The molecular weight excluding hydrogens is 184 g/mol. The third kappa shape index (κ3) is 3.21. The topological polar surface area (TPSA) is 87.5 Å². The number of carbonyl (C=O) groups excluding carboxylic acids is 2. The predicted octanol–water partition coefficient (Wildman–Crippen LogP) is -1.52. The molecule has 1 heterocycles. The van der Waals surface area contributed by atoms with Crippen molar-refractivity contribution in [3.63, 3.8) is 0 Å². The zero-order chi connectivity index (χ0) is 10.4. The summed E-state index contributed by atoms with van der Waals surface area (Å²) < 4.78 is 0. The molecule has 0 atom stereocenters. The van der Waals surface area contributed by atoms with Crippen LogP contribution in [0, 0.1) is 0 Å². The van der Waals surface area contributed by atoms with Crippen molar-refractivity contribution in [2.24, 2.45) is 5.73 Å². The fourth-order valence-electron chi connectivity index (χ4n) is 1.22. The van der Waals surface area contributed by atoms with E-state index < -0.39 is 0 Å². The Labute approximate surface area is 82.8 Å². The van der Waals surface area contributed by atoms with Crippen molar-refractivity contribution in [1.29, 1.82) is 0 Å². The van der Waals surface area contributed by atoms with Crippen molar-refractivity contribution in [1.82, 2.24) is 15.5 Å². The summed E-state index contributed by atoms with van der Waals surface area (Å²) in [5.74, 6) is -0.106. The van der Waals surface area contributed by atoms with Gasteiger partial charge in [-0.3, -0.25) is 4.79 Å². The zero-order valence-corrected chi connectivity index (χ0v) is 8.08. The Hall–Kier alpha value is -1.30. The Balaban J connectivity index is 2.25. The van der Waals surface area contributed by atoms with Crippen LogP contribution >= 0.6 is 0 Å². The van der Waals surface area contributed by atoms with Gasteiger partial charge in [0.05, 0.1) is 0 Å². The van der Waals surface area contributed by atoms with E-state index in [1.807, 2.05) is 0 Å². The molecule has 80 valence electrons. The van der Waals surface area contributed by atoms with Crippen LogP contribution in [0.1, 0.15) is 6.42 Å². The van der Waals surface area contributed by atoms with Gasteiger partial charge in [-0.1, -0.05) is 0 Å². The van der Waals surface area contributed by atoms with E-state index in [9.17, 15) is 9.59 Å². The molecule has 0 aliphatic carbocycles. The first-order valence-corrected chi connectivity index (χ1v) is 4.73. The molecule has 6 nitrogen and oxygen atoms in total. The molecule has 0 saturated carbocycles. The van der Waals surface area contributed by atoms with Gasteiger partial charge in [-0.2, -0.15) is 0 Å². The van der Waals surface area contributed by atoms with Gasteiger partial charge in [-0.15, -0.1) is 0 Å². The molecule has 1 aliphatic heterocycles. The summed E-state index contributed by atoms with van der Waals surface area (Å²) in [6, 6.07) is -0.187. The maximum absolute atomic E-state index is 11.4. The number of nitrogens with two attached hydrogens (primary N) is 1. The Morgan fingerprint density at radius 3 is 3.07 bits per heavy atom. The molecule has 0 unspecified atom stereocenters. The number of piperazine rings is 1. The minimum atomic E-state index is -0.187. The fraction of sp³-hybridized carbons (Fsp3) is 0.750. The minimum absolute atomic E-state index is 0.106. The monoisotopic (exact) mass is 200 g/mol. The second-order valence-corrected chi connectivity index (χ2v) is 3.15. The van der Waals surface area contributed by atoms with Crippen molar-refractivity contribution < 1.29 is 9.59 Å². The first-order valence-electron chi connectivity index (χ1n) is 4.73. The average Bonchev–Trinajstić information content (AvgIpc) is 2.18. The van der Waals surface area contributed by atoms with E-state index in [-0.39, 0.29) is 18.5 Å². The molecular formula is C8H16N4O2. The number of nitrogens with zero attached hydrogens (tertiary/aromatic N) is 1. The van der Waals surface area contributed by atoms with Gasteiger partial charge in [-0.25, -0.2) is 4.79 Å². The van der Waals surface area contributed by atoms with Gasteiger partial charge in [-0.05, 0) is 13.0 Å². The lowest BCUT2D eigenvalue weighted by atomic mass is 10.3. The van der Waals surface area contributed by atoms with Gasteiger partial charge in [0.2, 0.25) is 5.91 Å². The predicted molar refractivity (Wildman–Crippen MR) is 51.7 cm³/mol. The van der Waals surface area contributed by atoms with Crippen LogP contribution in [0.25, 0.3) is 0 Å². The van der Waals surface area contributed by atoms with Crippen LogP contribution in [0.2, 0.25) is 0 Å². The third-order valence-corrected chi connectivity index (χ3v) is 1.98. The van der Waals surface area contributed by atoms with Crippen LogP contribution in [-0.2, 0) is 4.79 Å². The second kappa shape index (κ2) is 5.43. The summed E-state index contributed by atoms with van der Waals surface area (Å²) in [5.41, 5.74) is 5.29. The van der Waals surface area contributed by atoms with Crippen molar-refractivity contribution in [2.45, 2.75) is 6.42 Å². The van der Waals surface area contributed by atoms with E-state index in [0.29, 0.717) is 26.2 Å². The largest absolute Gasteiger partial charge is 0.353 e. The van der Waals surface area contributed by atoms with E-state index in [2.05, 4.69) is 10.6 Å². The molecule has 4 N–H and O–H groups in total. The Morgan fingerprint density at radius 2 is 2.43 bits per heavy atom. The van der Waals surface area contributed by atoms with Crippen LogP contribution in [-0.4, -0.2) is 49.6 Å². The summed E-state index contributed by atoms with van der Waals surface area (Å²) in [4.78, 5) is 23.9. The van der Waals surface area contributed by atoms with Gasteiger partial charge in [0, 0.05) is 19.6 Å². The van der Waals surface area contributed by atoms with Gasteiger partial charge < -0.3 is 21.3 Å². The molecule has 1 rings (SSSR count). The molecule has 1 fully saturated rings.